The van der Waals surface area contributed by atoms with Gasteiger partial charge in [0.15, 0.2) is 9.84 Å². The summed E-state index contributed by atoms with van der Waals surface area (Å²) < 4.78 is 23.3. The second-order valence-corrected chi connectivity index (χ2v) is 6.17. The van der Waals surface area contributed by atoms with Crippen LogP contribution >= 0.6 is 22.6 Å². The lowest BCUT2D eigenvalue weighted by atomic mass is 10.2. The van der Waals surface area contributed by atoms with E-state index >= 15 is 0 Å². The van der Waals surface area contributed by atoms with Crippen molar-refractivity contribution in [1.82, 2.24) is 5.32 Å². The van der Waals surface area contributed by atoms with E-state index in [4.69, 9.17) is 0 Å². The van der Waals surface area contributed by atoms with E-state index in [0.717, 1.165) is 9.83 Å². The van der Waals surface area contributed by atoms with Crippen molar-refractivity contribution in [2.24, 2.45) is 0 Å². The fourth-order valence-electron chi connectivity index (χ4n) is 1.04. The predicted octanol–water partition coefficient (Wildman–Crippen LogP) is 1.05. The average molecular weight is 339 g/mol. The first kappa shape index (κ1) is 12.4. The second kappa shape index (κ2) is 4.48. The van der Waals surface area contributed by atoms with E-state index in [9.17, 15) is 13.2 Å². The molecular weight excluding hydrogens is 329 g/mol. The monoisotopic (exact) mass is 339 g/mol. The molecule has 6 heteroatoms. The SMILES string of the molecule is CNC(=O)c1cc(S(C)(=O)=O)ccc1I. The number of hydrogen-bond donors (Lipinski definition) is 1. The van der Waals surface area contributed by atoms with E-state index in [1.807, 2.05) is 22.6 Å². The quantitative estimate of drug-likeness (QED) is 0.820. The number of rotatable bonds is 2. The van der Waals surface area contributed by atoms with Gasteiger partial charge in [-0.2, -0.15) is 0 Å². The molecule has 0 aliphatic carbocycles. The zero-order valence-corrected chi connectivity index (χ0v) is 11.2. The van der Waals surface area contributed by atoms with Gasteiger partial charge in [-0.15, -0.1) is 0 Å². The summed E-state index contributed by atoms with van der Waals surface area (Å²) in [5.74, 6) is -0.287. The molecule has 82 valence electrons. The lowest BCUT2D eigenvalue weighted by molar-refractivity contribution is 0.0962. The van der Waals surface area contributed by atoms with Crippen LogP contribution in [0, 0.1) is 3.57 Å². The Bertz CT molecular complexity index is 496. The van der Waals surface area contributed by atoms with Crippen molar-refractivity contribution in [3.63, 3.8) is 0 Å². The Balaban J connectivity index is 3.36. The summed E-state index contributed by atoms with van der Waals surface area (Å²) in [4.78, 5) is 11.6. The fraction of sp³-hybridized carbons (Fsp3) is 0.222. The molecule has 0 unspecified atom stereocenters. The van der Waals surface area contributed by atoms with Gasteiger partial charge in [-0.3, -0.25) is 4.79 Å². The van der Waals surface area contributed by atoms with Crippen LogP contribution in [0.15, 0.2) is 23.1 Å². The summed E-state index contributed by atoms with van der Waals surface area (Å²) in [6, 6.07) is 4.49. The van der Waals surface area contributed by atoms with Gasteiger partial charge >= 0.3 is 0 Å². The third-order valence-electron chi connectivity index (χ3n) is 1.84. The molecule has 1 amide bonds. The minimum Gasteiger partial charge on any atom is -0.355 e. The van der Waals surface area contributed by atoms with Crippen molar-refractivity contribution in [2.75, 3.05) is 13.3 Å². The van der Waals surface area contributed by atoms with Crippen LogP contribution < -0.4 is 5.32 Å². The number of hydrogen-bond acceptors (Lipinski definition) is 3. The van der Waals surface area contributed by atoms with Crippen LogP contribution in [0.3, 0.4) is 0 Å². The second-order valence-electron chi connectivity index (χ2n) is 2.99. The molecule has 0 radical (unpaired) electrons. The third-order valence-corrected chi connectivity index (χ3v) is 3.89. The molecule has 0 fully saturated rings. The summed E-state index contributed by atoms with van der Waals surface area (Å²) in [6.07, 6.45) is 1.11. The van der Waals surface area contributed by atoms with E-state index in [0.29, 0.717) is 5.56 Å². The number of carbonyl (C=O) groups is 1. The average Bonchev–Trinajstić information content (AvgIpc) is 2.15. The Morgan fingerprint density at radius 2 is 2.00 bits per heavy atom. The highest BCUT2D eigenvalue weighted by atomic mass is 127. The van der Waals surface area contributed by atoms with E-state index in [1.165, 1.54) is 19.2 Å². The summed E-state index contributed by atoms with van der Waals surface area (Å²) >= 11 is 1.99. The Morgan fingerprint density at radius 1 is 1.40 bits per heavy atom. The van der Waals surface area contributed by atoms with Gasteiger partial charge in [-0.05, 0) is 40.8 Å². The first-order valence-corrected chi connectivity index (χ1v) is 7.05. The molecule has 1 rings (SSSR count). The molecule has 15 heavy (non-hydrogen) atoms. The van der Waals surface area contributed by atoms with Gasteiger partial charge in [-0.1, -0.05) is 0 Å². The maximum Gasteiger partial charge on any atom is 0.252 e. The topological polar surface area (TPSA) is 63.2 Å². The number of sulfone groups is 1. The number of carbonyl (C=O) groups excluding carboxylic acids is 1. The van der Waals surface area contributed by atoms with Crippen molar-refractivity contribution in [1.29, 1.82) is 0 Å². The smallest absolute Gasteiger partial charge is 0.252 e. The minimum absolute atomic E-state index is 0.154. The molecule has 0 atom stereocenters. The maximum absolute atomic E-state index is 11.4. The van der Waals surface area contributed by atoms with E-state index in [2.05, 4.69) is 5.32 Å². The zero-order chi connectivity index (χ0) is 11.6. The van der Waals surface area contributed by atoms with Crippen molar-refractivity contribution in [3.05, 3.63) is 27.3 Å². The molecule has 0 aliphatic heterocycles. The van der Waals surface area contributed by atoms with Crippen LogP contribution in [0.1, 0.15) is 10.4 Å². The molecule has 0 saturated heterocycles. The molecule has 0 aromatic heterocycles. The van der Waals surface area contributed by atoms with Crippen LogP contribution in [-0.4, -0.2) is 27.6 Å². The first-order valence-electron chi connectivity index (χ1n) is 4.08. The Kier molecular flexibility index (Phi) is 3.72. The minimum atomic E-state index is -3.27. The van der Waals surface area contributed by atoms with Crippen molar-refractivity contribution >= 4 is 38.3 Å². The predicted molar refractivity (Wildman–Crippen MR) is 65.7 cm³/mol. The highest BCUT2D eigenvalue weighted by molar-refractivity contribution is 14.1. The highest BCUT2D eigenvalue weighted by Crippen LogP contribution is 2.17. The normalized spacial score (nSPS) is 11.1. The Labute approximate surface area is 102 Å². The van der Waals surface area contributed by atoms with Crippen LogP contribution in [0.2, 0.25) is 0 Å². The van der Waals surface area contributed by atoms with Gasteiger partial charge in [-0.25, -0.2) is 8.42 Å². The van der Waals surface area contributed by atoms with E-state index < -0.39 is 9.84 Å². The van der Waals surface area contributed by atoms with Gasteiger partial charge in [0.1, 0.15) is 0 Å². The van der Waals surface area contributed by atoms with Crippen LogP contribution in [0.25, 0.3) is 0 Å². The summed E-state index contributed by atoms with van der Waals surface area (Å²) in [5.41, 5.74) is 0.376. The molecular formula is C9H10INO3S. The summed E-state index contributed by atoms with van der Waals surface area (Å²) in [6.45, 7) is 0. The zero-order valence-electron chi connectivity index (χ0n) is 8.24. The molecule has 0 aliphatic rings. The number of nitrogens with one attached hydrogen (secondary N) is 1. The summed E-state index contributed by atoms with van der Waals surface area (Å²) in [5, 5.41) is 2.46. The highest BCUT2D eigenvalue weighted by Gasteiger charge is 2.13. The fourth-order valence-corrected chi connectivity index (χ4v) is 2.27. The molecule has 0 bridgehead atoms. The molecule has 0 spiro atoms. The maximum atomic E-state index is 11.4. The van der Waals surface area contributed by atoms with E-state index in [1.54, 1.807) is 6.07 Å². The van der Waals surface area contributed by atoms with Gasteiger partial charge < -0.3 is 5.32 Å². The molecule has 1 N–H and O–H groups in total. The summed E-state index contributed by atoms with van der Waals surface area (Å²) in [7, 11) is -1.76. The first-order chi connectivity index (χ1) is 6.86. The molecule has 1 aromatic carbocycles. The molecule has 0 saturated carbocycles. The van der Waals surface area contributed by atoms with Crippen molar-refractivity contribution < 1.29 is 13.2 Å². The van der Waals surface area contributed by atoms with Crippen LogP contribution in [0.5, 0.6) is 0 Å². The third kappa shape index (κ3) is 2.91. The standard InChI is InChI=1S/C9H10INO3S/c1-11-9(12)7-5-6(15(2,13)14)3-4-8(7)10/h3-5H,1-2H3,(H,11,12). The lowest BCUT2D eigenvalue weighted by Gasteiger charge is -2.05. The largest absolute Gasteiger partial charge is 0.355 e. The van der Waals surface area contributed by atoms with Crippen molar-refractivity contribution in [3.8, 4) is 0 Å². The Hall–Kier alpha value is -0.630. The van der Waals surface area contributed by atoms with Crippen molar-refractivity contribution in [2.45, 2.75) is 4.90 Å². The van der Waals surface area contributed by atoms with Gasteiger partial charge in [0.2, 0.25) is 0 Å². The molecule has 1 aromatic rings. The van der Waals surface area contributed by atoms with Crippen LogP contribution in [-0.2, 0) is 9.84 Å². The van der Waals surface area contributed by atoms with Gasteiger partial charge in [0, 0.05) is 16.9 Å². The lowest BCUT2D eigenvalue weighted by Crippen LogP contribution is -2.19. The Morgan fingerprint density at radius 3 is 2.47 bits per heavy atom. The van der Waals surface area contributed by atoms with Gasteiger partial charge in [0.05, 0.1) is 10.5 Å². The van der Waals surface area contributed by atoms with Gasteiger partial charge in [0.25, 0.3) is 5.91 Å². The molecule has 4 nitrogen and oxygen atoms in total. The van der Waals surface area contributed by atoms with E-state index in [-0.39, 0.29) is 10.8 Å². The number of amides is 1. The van der Waals surface area contributed by atoms with Crippen LogP contribution in [0.4, 0.5) is 0 Å². The number of benzene rings is 1. The number of halogens is 1. The molecule has 0 heterocycles.